The van der Waals surface area contributed by atoms with E-state index in [9.17, 15) is 13.2 Å². The molecule has 3 nitrogen and oxygen atoms in total. The number of hydrogen-bond donors (Lipinski definition) is 0. The van der Waals surface area contributed by atoms with Gasteiger partial charge in [-0.1, -0.05) is 0 Å². The lowest BCUT2D eigenvalue weighted by Gasteiger charge is -2.07. The number of aromatic nitrogens is 3. The Morgan fingerprint density at radius 1 is 1.33 bits per heavy atom. The predicted octanol–water partition coefficient (Wildman–Crippen LogP) is 2.82. The summed E-state index contributed by atoms with van der Waals surface area (Å²) in [5.41, 5.74) is -0.566. The van der Waals surface area contributed by atoms with Gasteiger partial charge in [-0.15, -0.1) is 0 Å². The SMILES string of the molecule is Cc1nc2cc(C(F)(F)F)cc(Br)n2n1. The highest BCUT2D eigenvalue weighted by Crippen LogP contribution is 2.31. The second kappa shape index (κ2) is 3.19. The van der Waals surface area contributed by atoms with Crippen molar-refractivity contribution in [2.24, 2.45) is 0 Å². The van der Waals surface area contributed by atoms with Gasteiger partial charge in [0.05, 0.1) is 5.56 Å². The van der Waals surface area contributed by atoms with Gasteiger partial charge < -0.3 is 0 Å². The number of fused-ring (bicyclic) bond motifs is 1. The Kier molecular flexibility index (Phi) is 2.22. The molecule has 0 atom stereocenters. The zero-order valence-corrected chi connectivity index (χ0v) is 9.09. The number of halogens is 4. The number of rotatable bonds is 0. The van der Waals surface area contributed by atoms with Gasteiger partial charge >= 0.3 is 6.18 Å². The van der Waals surface area contributed by atoms with Crippen LogP contribution in [0.2, 0.25) is 0 Å². The smallest absolute Gasteiger partial charge is 0.212 e. The molecule has 0 aromatic carbocycles. The standard InChI is InChI=1S/C8H5BrF3N3/c1-4-13-7-3-5(8(10,11)12)2-6(9)15(7)14-4/h2-3H,1H3. The topological polar surface area (TPSA) is 30.2 Å². The molecule has 0 unspecified atom stereocenters. The van der Waals surface area contributed by atoms with Crippen LogP contribution in [0.3, 0.4) is 0 Å². The molecule has 0 aliphatic heterocycles. The van der Waals surface area contributed by atoms with Gasteiger partial charge in [0.1, 0.15) is 10.4 Å². The molecule has 2 aromatic rings. The third-order valence-corrected chi connectivity index (χ3v) is 2.39. The average molecular weight is 280 g/mol. The number of pyridine rings is 1. The maximum Gasteiger partial charge on any atom is 0.416 e. The van der Waals surface area contributed by atoms with Crippen molar-refractivity contribution in [1.82, 2.24) is 14.6 Å². The van der Waals surface area contributed by atoms with Crippen LogP contribution in [-0.4, -0.2) is 14.6 Å². The van der Waals surface area contributed by atoms with Crippen molar-refractivity contribution < 1.29 is 13.2 Å². The molecule has 7 heteroatoms. The average Bonchev–Trinajstić information content (AvgIpc) is 2.44. The molecule has 0 amide bonds. The van der Waals surface area contributed by atoms with E-state index in [1.165, 1.54) is 4.52 Å². The van der Waals surface area contributed by atoms with Crippen LogP contribution in [-0.2, 0) is 6.18 Å². The van der Waals surface area contributed by atoms with Crippen molar-refractivity contribution in [3.8, 4) is 0 Å². The lowest BCUT2D eigenvalue weighted by atomic mass is 10.2. The van der Waals surface area contributed by atoms with Gasteiger partial charge in [-0.25, -0.2) is 9.50 Å². The minimum absolute atomic E-state index is 0.175. The molecule has 0 N–H and O–H groups in total. The van der Waals surface area contributed by atoms with Crippen LogP contribution < -0.4 is 0 Å². The number of alkyl halides is 3. The first-order chi connectivity index (χ1) is 6.88. The minimum Gasteiger partial charge on any atom is -0.212 e. The third kappa shape index (κ3) is 1.83. The fraction of sp³-hybridized carbons (Fsp3) is 0.250. The lowest BCUT2D eigenvalue weighted by Crippen LogP contribution is -2.06. The third-order valence-electron chi connectivity index (χ3n) is 1.83. The van der Waals surface area contributed by atoms with E-state index in [1.807, 2.05) is 0 Å². The van der Waals surface area contributed by atoms with Gasteiger partial charge in [0.2, 0.25) is 0 Å². The van der Waals surface area contributed by atoms with Gasteiger partial charge in [0, 0.05) is 0 Å². The van der Waals surface area contributed by atoms with Crippen molar-refractivity contribution in [2.45, 2.75) is 13.1 Å². The van der Waals surface area contributed by atoms with Crippen LogP contribution in [0.4, 0.5) is 13.2 Å². The summed E-state index contributed by atoms with van der Waals surface area (Å²) >= 11 is 3.01. The first-order valence-electron chi connectivity index (χ1n) is 3.98. The van der Waals surface area contributed by atoms with Crippen LogP contribution >= 0.6 is 15.9 Å². The van der Waals surface area contributed by atoms with Gasteiger partial charge in [0.15, 0.2) is 5.65 Å². The summed E-state index contributed by atoms with van der Waals surface area (Å²) in [6.07, 6.45) is -4.37. The minimum atomic E-state index is -4.37. The van der Waals surface area contributed by atoms with E-state index in [2.05, 4.69) is 26.0 Å². The highest BCUT2D eigenvalue weighted by Gasteiger charge is 2.31. The quantitative estimate of drug-likeness (QED) is 0.694. The van der Waals surface area contributed by atoms with E-state index in [0.717, 1.165) is 12.1 Å². The zero-order chi connectivity index (χ0) is 11.2. The number of aryl methyl sites for hydroxylation is 1. The predicted molar refractivity (Wildman–Crippen MR) is 50.4 cm³/mol. The van der Waals surface area contributed by atoms with Gasteiger partial charge in [-0.05, 0) is 35.0 Å². The van der Waals surface area contributed by atoms with Crippen molar-refractivity contribution in [3.63, 3.8) is 0 Å². The first-order valence-corrected chi connectivity index (χ1v) is 4.77. The fourth-order valence-corrected chi connectivity index (χ4v) is 1.72. The second-order valence-electron chi connectivity index (χ2n) is 2.99. The van der Waals surface area contributed by atoms with E-state index in [1.54, 1.807) is 6.92 Å². The second-order valence-corrected chi connectivity index (χ2v) is 3.81. The molecular formula is C8H5BrF3N3. The van der Waals surface area contributed by atoms with E-state index >= 15 is 0 Å². The Labute approximate surface area is 91.1 Å². The number of nitrogens with zero attached hydrogens (tertiary/aromatic N) is 3. The van der Waals surface area contributed by atoms with E-state index in [0.29, 0.717) is 5.82 Å². The first kappa shape index (κ1) is 10.4. The molecule has 2 aromatic heterocycles. The highest BCUT2D eigenvalue weighted by atomic mass is 79.9. The summed E-state index contributed by atoms with van der Waals surface area (Å²) in [6, 6.07) is 1.94. The molecule has 0 aliphatic rings. The lowest BCUT2D eigenvalue weighted by molar-refractivity contribution is -0.137. The molecule has 0 spiro atoms. The molecule has 2 heterocycles. The zero-order valence-electron chi connectivity index (χ0n) is 7.51. The van der Waals surface area contributed by atoms with Crippen LogP contribution in [0.1, 0.15) is 11.4 Å². The van der Waals surface area contributed by atoms with Crippen molar-refractivity contribution in [1.29, 1.82) is 0 Å². The Morgan fingerprint density at radius 2 is 2.00 bits per heavy atom. The Morgan fingerprint density at radius 3 is 2.60 bits per heavy atom. The normalized spacial score (nSPS) is 12.3. The fourth-order valence-electron chi connectivity index (χ4n) is 1.22. The summed E-state index contributed by atoms with van der Waals surface area (Å²) in [5.74, 6) is 0.426. The Bertz CT molecular complexity index is 518. The van der Waals surface area contributed by atoms with Crippen molar-refractivity contribution in [3.05, 3.63) is 28.1 Å². The molecule has 0 radical (unpaired) electrons. The monoisotopic (exact) mass is 279 g/mol. The van der Waals surface area contributed by atoms with Gasteiger partial charge in [-0.2, -0.15) is 18.3 Å². The molecular weight excluding hydrogens is 275 g/mol. The van der Waals surface area contributed by atoms with Gasteiger partial charge in [-0.3, -0.25) is 0 Å². The molecule has 80 valence electrons. The van der Waals surface area contributed by atoms with Crippen molar-refractivity contribution in [2.75, 3.05) is 0 Å². The molecule has 0 bridgehead atoms. The summed E-state index contributed by atoms with van der Waals surface area (Å²) in [5, 5.41) is 3.93. The maximum atomic E-state index is 12.4. The molecule has 0 fully saturated rings. The summed E-state index contributed by atoms with van der Waals surface area (Å²) < 4.78 is 38.8. The van der Waals surface area contributed by atoms with Crippen LogP contribution in [0, 0.1) is 6.92 Å². The number of hydrogen-bond acceptors (Lipinski definition) is 2. The van der Waals surface area contributed by atoms with Crippen LogP contribution in [0.15, 0.2) is 16.7 Å². The van der Waals surface area contributed by atoms with Crippen LogP contribution in [0.25, 0.3) is 5.65 Å². The largest absolute Gasteiger partial charge is 0.416 e. The Balaban J connectivity index is 2.72. The van der Waals surface area contributed by atoms with Crippen LogP contribution in [0.5, 0.6) is 0 Å². The maximum absolute atomic E-state index is 12.4. The summed E-state index contributed by atoms with van der Waals surface area (Å²) in [7, 11) is 0. The molecule has 0 saturated heterocycles. The van der Waals surface area contributed by atoms with E-state index in [-0.39, 0.29) is 10.3 Å². The molecule has 15 heavy (non-hydrogen) atoms. The highest BCUT2D eigenvalue weighted by molar-refractivity contribution is 9.10. The summed E-state index contributed by atoms with van der Waals surface area (Å²) in [6.45, 7) is 1.62. The van der Waals surface area contributed by atoms with E-state index < -0.39 is 11.7 Å². The van der Waals surface area contributed by atoms with E-state index in [4.69, 9.17) is 0 Å². The van der Waals surface area contributed by atoms with Crippen molar-refractivity contribution >= 4 is 21.6 Å². The molecule has 2 rings (SSSR count). The molecule has 0 saturated carbocycles. The molecule has 0 aliphatic carbocycles. The summed E-state index contributed by atoms with van der Waals surface area (Å²) in [4.78, 5) is 3.87. The van der Waals surface area contributed by atoms with Gasteiger partial charge in [0.25, 0.3) is 0 Å². The Hall–Kier alpha value is -1.11.